The molecule has 0 saturated heterocycles. The molecule has 2 atom stereocenters. The van der Waals surface area contributed by atoms with Gasteiger partial charge >= 0.3 is 11.9 Å². The second-order valence-electron chi connectivity index (χ2n) is 6.77. The standard InChI is InChI=1S/C22H24O5/c1-15(23)26-20(19-14-21(24)27-22(19)25)13-4-2-3-8-16-10-7-11-17-9-5-6-12-18(16)17/h5-7,9-12,14,20,22,25H,2-4,8,13H2,1H3. The van der Waals surface area contributed by atoms with Crippen molar-refractivity contribution in [2.45, 2.75) is 51.4 Å². The highest BCUT2D eigenvalue weighted by Crippen LogP contribution is 2.25. The first kappa shape index (κ1) is 19.1. The lowest BCUT2D eigenvalue weighted by atomic mass is 9.98. The topological polar surface area (TPSA) is 72.8 Å². The molecule has 5 heteroatoms. The number of aliphatic hydroxyl groups excluding tert-OH is 1. The summed E-state index contributed by atoms with van der Waals surface area (Å²) in [4.78, 5) is 22.6. The van der Waals surface area contributed by atoms with Gasteiger partial charge in [0.15, 0.2) is 0 Å². The molecule has 0 fully saturated rings. The first-order valence-corrected chi connectivity index (χ1v) is 9.28. The van der Waals surface area contributed by atoms with E-state index >= 15 is 0 Å². The number of carbonyl (C=O) groups excluding carboxylic acids is 2. The minimum Gasteiger partial charge on any atom is -0.458 e. The molecule has 27 heavy (non-hydrogen) atoms. The van der Waals surface area contributed by atoms with E-state index < -0.39 is 24.3 Å². The van der Waals surface area contributed by atoms with Crippen LogP contribution in [0.3, 0.4) is 0 Å². The van der Waals surface area contributed by atoms with Crippen LogP contribution in [0, 0.1) is 0 Å². The van der Waals surface area contributed by atoms with Crippen molar-refractivity contribution in [1.82, 2.24) is 0 Å². The Morgan fingerprint density at radius 2 is 1.93 bits per heavy atom. The van der Waals surface area contributed by atoms with E-state index in [1.165, 1.54) is 29.3 Å². The van der Waals surface area contributed by atoms with Crippen LogP contribution >= 0.6 is 0 Å². The Morgan fingerprint density at radius 1 is 1.15 bits per heavy atom. The SMILES string of the molecule is CC(=O)OC(CCCCCc1cccc2ccccc12)C1=CC(=O)OC1O. The molecule has 2 aromatic carbocycles. The fraction of sp³-hybridized carbons (Fsp3) is 0.364. The van der Waals surface area contributed by atoms with Gasteiger partial charge < -0.3 is 14.6 Å². The number of ether oxygens (including phenoxy) is 2. The summed E-state index contributed by atoms with van der Waals surface area (Å²) in [7, 11) is 0. The number of carbonyl (C=O) groups is 2. The van der Waals surface area contributed by atoms with Gasteiger partial charge in [0.1, 0.15) is 6.10 Å². The molecule has 1 aliphatic heterocycles. The van der Waals surface area contributed by atoms with Crippen LogP contribution in [0.15, 0.2) is 54.1 Å². The first-order valence-electron chi connectivity index (χ1n) is 9.28. The molecule has 2 aromatic rings. The Hall–Kier alpha value is -2.66. The second kappa shape index (κ2) is 8.82. The molecule has 0 radical (unpaired) electrons. The summed E-state index contributed by atoms with van der Waals surface area (Å²) in [6.45, 7) is 1.32. The van der Waals surface area contributed by atoms with E-state index in [0.29, 0.717) is 12.0 Å². The third-order valence-corrected chi connectivity index (χ3v) is 4.77. The number of hydrogen-bond acceptors (Lipinski definition) is 5. The van der Waals surface area contributed by atoms with Gasteiger partial charge in [-0.1, -0.05) is 48.9 Å². The Morgan fingerprint density at radius 3 is 2.67 bits per heavy atom. The molecular weight excluding hydrogens is 344 g/mol. The average Bonchev–Trinajstić information content (AvgIpc) is 2.98. The van der Waals surface area contributed by atoms with E-state index in [2.05, 4.69) is 36.4 Å². The number of unbranched alkanes of at least 4 members (excludes halogenated alkanes) is 2. The van der Waals surface area contributed by atoms with Crippen molar-refractivity contribution in [2.24, 2.45) is 0 Å². The zero-order valence-electron chi connectivity index (χ0n) is 15.4. The number of fused-ring (bicyclic) bond motifs is 1. The van der Waals surface area contributed by atoms with Crippen LogP contribution in [-0.2, 0) is 25.5 Å². The Labute approximate surface area is 158 Å². The molecule has 0 saturated carbocycles. The van der Waals surface area contributed by atoms with Gasteiger partial charge in [-0.3, -0.25) is 4.79 Å². The van der Waals surface area contributed by atoms with Gasteiger partial charge in [-0.2, -0.15) is 0 Å². The minimum absolute atomic E-state index is 0.323. The number of rotatable bonds is 8. The molecule has 2 unspecified atom stereocenters. The zero-order valence-corrected chi connectivity index (χ0v) is 15.4. The number of aryl methyl sites for hydroxylation is 1. The molecule has 3 rings (SSSR count). The van der Waals surface area contributed by atoms with Gasteiger partial charge in [0.2, 0.25) is 6.29 Å². The van der Waals surface area contributed by atoms with Crippen molar-refractivity contribution < 1.29 is 24.2 Å². The number of cyclic esters (lactones) is 1. The lowest BCUT2D eigenvalue weighted by molar-refractivity contribution is -0.153. The highest BCUT2D eigenvalue weighted by atomic mass is 16.6. The average molecular weight is 368 g/mol. The Kier molecular flexibility index (Phi) is 6.24. The van der Waals surface area contributed by atoms with Crippen LogP contribution in [0.4, 0.5) is 0 Å². The summed E-state index contributed by atoms with van der Waals surface area (Å²) >= 11 is 0. The van der Waals surface area contributed by atoms with Crippen molar-refractivity contribution in [2.75, 3.05) is 0 Å². The summed E-state index contributed by atoms with van der Waals surface area (Å²) in [6.07, 6.45) is 3.59. The summed E-state index contributed by atoms with van der Waals surface area (Å²) in [5, 5.41) is 12.3. The predicted molar refractivity (Wildman–Crippen MR) is 102 cm³/mol. The molecule has 1 aliphatic rings. The summed E-state index contributed by atoms with van der Waals surface area (Å²) in [5.41, 5.74) is 1.65. The fourth-order valence-corrected chi connectivity index (χ4v) is 3.50. The number of esters is 2. The maximum atomic E-state index is 11.3. The number of benzene rings is 2. The van der Waals surface area contributed by atoms with Gasteiger partial charge in [-0.15, -0.1) is 0 Å². The van der Waals surface area contributed by atoms with E-state index in [-0.39, 0.29) is 0 Å². The van der Waals surface area contributed by atoms with Gasteiger partial charge in [-0.25, -0.2) is 4.79 Å². The van der Waals surface area contributed by atoms with Crippen LogP contribution in [0.1, 0.15) is 38.2 Å². The van der Waals surface area contributed by atoms with Crippen molar-refractivity contribution in [3.8, 4) is 0 Å². The summed E-state index contributed by atoms with van der Waals surface area (Å²) in [5.74, 6) is -1.05. The summed E-state index contributed by atoms with van der Waals surface area (Å²) in [6, 6.07) is 14.7. The molecule has 0 amide bonds. The van der Waals surface area contributed by atoms with Crippen LogP contribution in [0.2, 0.25) is 0 Å². The van der Waals surface area contributed by atoms with Crippen LogP contribution in [-0.4, -0.2) is 29.4 Å². The van der Waals surface area contributed by atoms with Gasteiger partial charge in [0, 0.05) is 18.6 Å². The third kappa shape index (κ3) is 4.95. The molecule has 0 aromatic heterocycles. The van der Waals surface area contributed by atoms with E-state index in [4.69, 9.17) is 9.47 Å². The van der Waals surface area contributed by atoms with Crippen LogP contribution in [0.5, 0.6) is 0 Å². The van der Waals surface area contributed by atoms with E-state index in [9.17, 15) is 14.7 Å². The molecule has 0 spiro atoms. The molecule has 0 bridgehead atoms. The second-order valence-corrected chi connectivity index (χ2v) is 6.77. The highest BCUT2D eigenvalue weighted by Gasteiger charge is 2.31. The van der Waals surface area contributed by atoms with E-state index in [1.54, 1.807) is 0 Å². The number of hydrogen-bond donors (Lipinski definition) is 1. The molecule has 5 nitrogen and oxygen atoms in total. The molecular formula is C22H24O5. The monoisotopic (exact) mass is 368 g/mol. The lowest BCUT2D eigenvalue weighted by Gasteiger charge is -2.19. The van der Waals surface area contributed by atoms with E-state index in [1.807, 2.05) is 6.07 Å². The third-order valence-electron chi connectivity index (χ3n) is 4.77. The van der Waals surface area contributed by atoms with E-state index in [0.717, 1.165) is 25.7 Å². The van der Waals surface area contributed by atoms with Crippen molar-refractivity contribution in [3.05, 3.63) is 59.7 Å². The van der Waals surface area contributed by atoms with Crippen LogP contribution < -0.4 is 0 Å². The van der Waals surface area contributed by atoms with Gasteiger partial charge in [0.25, 0.3) is 0 Å². The molecule has 0 aliphatic carbocycles. The van der Waals surface area contributed by atoms with Crippen molar-refractivity contribution >= 4 is 22.7 Å². The fourth-order valence-electron chi connectivity index (χ4n) is 3.50. The maximum Gasteiger partial charge on any atom is 0.333 e. The largest absolute Gasteiger partial charge is 0.458 e. The van der Waals surface area contributed by atoms with Crippen LogP contribution in [0.25, 0.3) is 10.8 Å². The van der Waals surface area contributed by atoms with Gasteiger partial charge in [0.05, 0.1) is 0 Å². The normalized spacial score (nSPS) is 17.5. The first-order chi connectivity index (χ1) is 13.0. The maximum absolute atomic E-state index is 11.3. The van der Waals surface area contributed by atoms with Crippen molar-refractivity contribution in [1.29, 1.82) is 0 Å². The molecule has 1 heterocycles. The Bertz CT molecular complexity index is 849. The zero-order chi connectivity index (χ0) is 19.2. The van der Waals surface area contributed by atoms with Crippen molar-refractivity contribution in [3.63, 3.8) is 0 Å². The molecule has 142 valence electrons. The quantitative estimate of drug-likeness (QED) is 0.568. The smallest absolute Gasteiger partial charge is 0.333 e. The van der Waals surface area contributed by atoms with Gasteiger partial charge in [-0.05, 0) is 42.0 Å². The highest BCUT2D eigenvalue weighted by molar-refractivity contribution is 5.86. The summed E-state index contributed by atoms with van der Waals surface area (Å²) < 4.78 is 9.97. The Balaban J connectivity index is 1.52. The number of aliphatic hydroxyl groups is 1. The predicted octanol–water partition coefficient (Wildman–Crippen LogP) is 3.68. The molecule has 1 N–H and O–H groups in total. The lowest BCUT2D eigenvalue weighted by Crippen LogP contribution is -2.25. The minimum atomic E-state index is -1.32.